The molecule has 7 heteroatoms. The lowest BCUT2D eigenvalue weighted by atomic mass is 10.1. The fraction of sp³-hybridized carbons (Fsp3) is 0.300. The van der Waals surface area contributed by atoms with Crippen molar-refractivity contribution in [1.29, 1.82) is 0 Å². The second-order valence-corrected chi connectivity index (χ2v) is 7.29. The molecule has 0 atom stereocenters. The summed E-state index contributed by atoms with van der Waals surface area (Å²) in [5, 5.41) is 5.68. The van der Waals surface area contributed by atoms with E-state index in [9.17, 15) is 0 Å². The summed E-state index contributed by atoms with van der Waals surface area (Å²) in [5.74, 6) is 0.120. The van der Waals surface area contributed by atoms with Gasteiger partial charge in [0.15, 0.2) is 11.6 Å². The van der Waals surface area contributed by atoms with Gasteiger partial charge >= 0.3 is 0 Å². The highest BCUT2D eigenvalue weighted by Crippen LogP contribution is 2.38. The number of fused-ring (bicyclic) bond motifs is 5. The van der Waals surface area contributed by atoms with Gasteiger partial charge in [0.2, 0.25) is 0 Å². The Hall–Kier alpha value is -2.44. The normalized spacial score (nSPS) is 15.3. The monoisotopic (exact) mass is 383 g/mol. The van der Waals surface area contributed by atoms with Gasteiger partial charge < -0.3 is 14.8 Å². The predicted molar refractivity (Wildman–Crippen MR) is 107 cm³/mol. The van der Waals surface area contributed by atoms with Crippen molar-refractivity contribution in [3.63, 3.8) is 0 Å². The molecule has 27 heavy (non-hydrogen) atoms. The molecule has 0 unspecified atom stereocenters. The number of rotatable bonds is 2. The van der Waals surface area contributed by atoms with Crippen molar-refractivity contribution in [3.05, 3.63) is 41.3 Å². The van der Waals surface area contributed by atoms with Crippen LogP contribution in [-0.4, -0.2) is 40.7 Å². The number of anilines is 1. The van der Waals surface area contributed by atoms with Crippen LogP contribution < -0.4 is 10.2 Å². The highest BCUT2D eigenvalue weighted by molar-refractivity contribution is 6.31. The molecule has 5 nitrogen and oxygen atoms in total. The zero-order chi connectivity index (χ0) is 18.5. The third kappa shape index (κ3) is 2.63. The number of nitrogens with one attached hydrogen (secondary N) is 1. The van der Waals surface area contributed by atoms with Crippen LogP contribution in [0.1, 0.15) is 6.92 Å². The minimum Gasteiger partial charge on any atom is -0.352 e. The quantitative estimate of drug-likeness (QED) is 0.570. The lowest BCUT2D eigenvalue weighted by molar-refractivity contribution is 0.559. The van der Waals surface area contributed by atoms with E-state index in [1.54, 1.807) is 6.07 Å². The third-order valence-corrected chi connectivity index (χ3v) is 5.48. The number of hydrogen-bond donors (Lipinski definition) is 1. The first-order valence-corrected chi connectivity index (χ1v) is 9.57. The molecule has 138 valence electrons. The maximum Gasteiger partial charge on any atom is 0.167 e. The van der Waals surface area contributed by atoms with Gasteiger partial charge in [0.1, 0.15) is 5.65 Å². The fourth-order valence-electron chi connectivity index (χ4n) is 3.89. The van der Waals surface area contributed by atoms with Crippen LogP contribution in [-0.2, 0) is 6.54 Å². The van der Waals surface area contributed by atoms with Crippen LogP contribution in [0.25, 0.3) is 33.2 Å². The summed E-state index contributed by atoms with van der Waals surface area (Å²) in [6.45, 7) is 5.98. The molecule has 1 saturated heterocycles. The van der Waals surface area contributed by atoms with Crippen LogP contribution in [0, 0.1) is 5.82 Å². The van der Waals surface area contributed by atoms with Crippen molar-refractivity contribution in [2.45, 2.75) is 13.5 Å². The number of nitrogens with zero attached hydrogens (tertiary/aromatic N) is 4. The summed E-state index contributed by atoms with van der Waals surface area (Å²) in [6, 6.07) is 7.26. The predicted octanol–water partition coefficient (Wildman–Crippen LogP) is 3.91. The van der Waals surface area contributed by atoms with Crippen LogP contribution in [0.2, 0.25) is 5.02 Å². The summed E-state index contributed by atoms with van der Waals surface area (Å²) in [4.78, 5) is 11.5. The molecule has 4 heterocycles. The highest BCUT2D eigenvalue weighted by atomic mass is 35.5. The molecule has 0 radical (unpaired) electrons. The molecule has 0 saturated carbocycles. The fourth-order valence-corrected chi connectivity index (χ4v) is 4.06. The number of pyridine rings is 2. The molecule has 3 aliphatic heterocycles. The van der Waals surface area contributed by atoms with Gasteiger partial charge in [0.25, 0.3) is 0 Å². The molecule has 1 N–H and O–H groups in total. The molecule has 0 aliphatic carbocycles. The maximum absolute atomic E-state index is 15.0. The van der Waals surface area contributed by atoms with Gasteiger partial charge in [-0.05, 0) is 25.1 Å². The van der Waals surface area contributed by atoms with Crippen LogP contribution in [0.5, 0.6) is 0 Å². The smallest absolute Gasteiger partial charge is 0.167 e. The van der Waals surface area contributed by atoms with Crippen LogP contribution >= 0.6 is 11.6 Å². The lowest BCUT2D eigenvalue weighted by Crippen LogP contribution is -2.44. The van der Waals surface area contributed by atoms with E-state index in [1.165, 1.54) is 0 Å². The van der Waals surface area contributed by atoms with E-state index in [-0.39, 0.29) is 5.82 Å². The standard InChI is InChI=1S/C20H19ClFN5/c1-2-26-11-15-13-4-3-12(21)9-17(13)24-18(15)14-10-16(22)20(25-19(14)26)27-7-5-23-6-8-27/h3-4,9-11,23H,2,5-8H2,1H3. The Morgan fingerprint density at radius 2 is 1.96 bits per heavy atom. The van der Waals surface area contributed by atoms with E-state index < -0.39 is 0 Å². The second-order valence-electron chi connectivity index (χ2n) is 6.85. The zero-order valence-corrected chi connectivity index (χ0v) is 15.7. The van der Waals surface area contributed by atoms with Crippen molar-refractivity contribution in [2.24, 2.45) is 0 Å². The Balaban J connectivity index is 1.80. The number of hydrogen-bond acceptors (Lipinski definition) is 4. The van der Waals surface area contributed by atoms with E-state index >= 15 is 4.39 Å². The summed E-state index contributed by atoms with van der Waals surface area (Å²) in [5.41, 5.74) is 3.34. The molecule has 0 amide bonds. The largest absolute Gasteiger partial charge is 0.352 e. The molecular formula is C20H19ClFN5. The summed E-state index contributed by atoms with van der Waals surface area (Å²) < 4.78 is 17.1. The highest BCUT2D eigenvalue weighted by Gasteiger charge is 2.22. The second kappa shape index (κ2) is 6.32. The Bertz CT molecular complexity index is 1130. The molecule has 3 aliphatic rings. The van der Waals surface area contributed by atoms with Crippen molar-refractivity contribution in [3.8, 4) is 11.3 Å². The summed E-state index contributed by atoms with van der Waals surface area (Å²) >= 11 is 6.13. The Morgan fingerprint density at radius 1 is 1.15 bits per heavy atom. The SMILES string of the molecule is CCn1cc2c3ccc(Cl)cc3nc-2c2cc(F)c(N3CCNCC3)nc21. The van der Waals surface area contributed by atoms with Crippen molar-refractivity contribution in [2.75, 3.05) is 31.1 Å². The molecule has 1 fully saturated rings. The van der Waals surface area contributed by atoms with E-state index in [4.69, 9.17) is 21.6 Å². The molecule has 0 spiro atoms. The molecule has 0 bridgehead atoms. The number of aryl methyl sites for hydroxylation is 1. The van der Waals surface area contributed by atoms with Crippen molar-refractivity contribution in [1.82, 2.24) is 19.9 Å². The van der Waals surface area contributed by atoms with Crippen molar-refractivity contribution < 1.29 is 4.39 Å². The minimum absolute atomic E-state index is 0.301. The van der Waals surface area contributed by atoms with Gasteiger partial charge in [-0.2, -0.15) is 0 Å². The van der Waals surface area contributed by atoms with Gasteiger partial charge in [0.05, 0.1) is 11.2 Å². The van der Waals surface area contributed by atoms with E-state index in [0.29, 0.717) is 10.8 Å². The van der Waals surface area contributed by atoms with Crippen LogP contribution in [0.15, 0.2) is 30.5 Å². The Morgan fingerprint density at radius 3 is 2.74 bits per heavy atom. The molecule has 2 aromatic rings. The lowest BCUT2D eigenvalue weighted by Gasteiger charge is -2.29. The first-order valence-electron chi connectivity index (χ1n) is 9.19. The van der Waals surface area contributed by atoms with Gasteiger partial charge in [-0.25, -0.2) is 14.4 Å². The molecule has 5 rings (SSSR count). The van der Waals surface area contributed by atoms with Crippen LogP contribution in [0.4, 0.5) is 10.2 Å². The number of piperazine rings is 1. The number of benzene rings is 1. The molecule has 1 aromatic carbocycles. The zero-order valence-electron chi connectivity index (χ0n) is 15.0. The Kier molecular flexibility index (Phi) is 3.91. The van der Waals surface area contributed by atoms with Gasteiger partial charge in [0, 0.05) is 60.3 Å². The number of halogens is 2. The topological polar surface area (TPSA) is 46.0 Å². The summed E-state index contributed by atoms with van der Waals surface area (Å²) in [7, 11) is 0. The first kappa shape index (κ1) is 16.7. The average Bonchev–Trinajstić information content (AvgIpc) is 3.05. The van der Waals surface area contributed by atoms with E-state index in [2.05, 4.69) is 23.0 Å². The Labute approximate surface area is 161 Å². The van der Waals surface area contributed by atoms with E-state index in [1.807, 2.05) is 23.1 Å². The maximum atomic E-state index is 15.0. The van der Waals surface area contributed by atoms with Gasteiger partial charge in [-0.1, -0.05) is 17.7 Å². The third-order valence-electron chi connectivity index (χ3n) is 5.24. The van der Waals surface area contributed by atoms with Crippen LogP contribution in [0.3, 0.4) is 0 Å². The molecular weight excluding hydrogens is 365 g/mol. The molecule has 1 aromatic heterocycles. The average molecular weight is 384 g/mol. The van der Waals surface area contributed by atoms with Gasteiger partial charge in [-0.3, -0.25) is 0 Å². The number of aromatic nitrogens is 3. The van der Waals surface area contributed by atoms with Crippen molar-refractivity contribution >= 4 is 39.4 Å². The minimum atomic E-state index is -0.301. The van der Waals surface area contributed by atoms with E-state index in [0.717, 1.165) is 65.9 Å². The first-order chi connectivity index (χ1) is 13.2. The summed E-state index contributed by atoms with van der Waals surface area (Å²) in [6.07, 6.45) is 2.06. The van der Waals surface area contributed by atoms with Gasteiger partial charge in [-0.15, -0.1) is 0 Å².